The predicted molar refractivity (Wildman–Crippen MR) is 237 cm³/mol. The number of halogens is 1. The van der Waals surface area contributed by atoms with Crippen molar-refractivity contribution in [2.45, 2.75) is 102 Å². The number of piperidine rings is 1. The molecule has 8 atom stereocenters. The van der Waals surface area contributed by atoms with E-state index in [0.29, 0.717) is 55.1 Å². The van der Waals surface area contributed by atoms with Crippen LogP contribution in [0.2, 0.25) is 0 Å². The van der Waals surface area contributed by atoms with Crippen LogP contribution >= 0.6 is 0 Å². The molecule has 5 aromatic rings. The van der Waals surface area contributed by atoms with Gasteiger partial charge in [-0.05, 0) is 110 Å². The highest BCUT2D eigenvalue weighted by Gasteiger charge is 2.52. The van der Waals surface area contributed by atoms with Gasteiger partial charge in [0.15, 0.2) is 0 Å². The molecule has 4 aliphatic rings. The van der Waals surface area contributed by atoms with Crippen molar-refractivity contribution in [2.75, 3.05) is 27.4 Å². The topological polar surface area (TPSA) is 184 Å². The number of rotatable bonds is 10. The number of amides is 4. The highest BCUT2D eigenvalue weighted by atomic mass is 19.1. The maximum Gasteiger partial charge on any atom is 0.407 e. The molecular formula is C48H57FN8O7. The standard InChI is InChI=1S/C48H57FN8O7/c1-24(2)39(54-47(60)62-5)45(58)57-32-11-7-31(21-32)42(57)44-51-36-14-10-30-20-28(8-12-33(30)41(36)53-44)29-9-13-34(35(49)22-29)37-23-50-43(52-37)38-19-25(3)26(4)56(38)46(59)40(55-48(61)63-6)27-15-17-64-18-16-27/h8-10,12-14,20,22-27,31-32,38-40,42H,7,11,15-19,21H2,1-6H3,(H,50,52)(H,51,53)(H,54,60)(H,55,61)/t25?,26-,31+,32-,38+,39+,40+,42+/m1/s1. The fourth-order valence-corrected chi connectivity index (χ4v) is 10.8. The second-order valence-corrected chi connectivity index (χ2v) is 18.4. The SMILES string of the molecule is COC(=O)N[C@H](C(=O)N1[C@@H]2CC[C@@H](C2)[C@H]1c1nc2c(ccc3cc(-c4ccc(-c5cnc([C@@H]6CC(C)[C@@H](C)N6C(=O)[C@@H](NC(=O)OC)C6CCOCC6)[nH]5)c(F)c4)ccc32)[nH]1)C(C)C. The molecule has 3 saturated heterocycles. The Morgan fingerprint density at radius 3 is 2.31 bits per heavy atom. The maximum atomic E-state index is 16.2. The van der Waals surface area contributed by atoms with Crippen LogP contribution in [0.15, 0.2) is 54.7 Å². The molecule has 4 fully saturated rings. The average molecular weight is 877 g/mol. The summed E-state index contributed by atoms with van der Waals surface area (Å²) in [5.41, 5.74) is 4.05. The van der Waals surface area contributed by atoms with E-state index in [-0.39, 0.29) is 53.6 Å². The number of imidazole rings is 2. The summed E-state index contributed by atoms with van der Waals surface area (Å²) in [7, 11) is 2.58. The maximum absolute atomic E-state index is 16.2. The van der Waals surface area contributed by atoms with Crippen LogP contribution in [0.1, 0.15) is 90.0 Å². The predicted octanol–water partition coefficient (Wildman–Crippen LogP) is 7.79. The fraction of sp³-hybridized carbons (Fsp3) is 0.500. The molecule has 1 unspecified atom stereocenters. The average Bonchev–Trinajstić information content (AvgIpc) is 4.16. The molecule has 3 aromatic carbocycles. The van der Waals surface area contributed by atoms with E-state index >= 15 is 4.39 Å². The lowest BCUT2D eigenvalue weighted by molar-refractivity contribution is -0.139. The third kappa shape index (κ3) is 7.83. The number of aromatic amines is 2. The lowest BCUT2D eigenvalue weighted by Gasteiger charge is -2.37. The number of nitrogens with one attached hydrogen (secondary N) is 4. The molecule has 2 bridgehead atoms. The number of benzene rings is 3. The van der Waals surface area contributed by atoms with Gasteiger partial charge in [-0.2, -0.15) is 0 Å². The Morgan fingerprint density at radius 2 is 1.58 bits per heavy atom. The minimum absolute atomic E-state index is 0.0808. The normalized spacial score (nSPS) is 24.4. The number of fused-ring (bicyclic) bond motifs is 5. The summed E-state index contributed by atoms with van der Waals surface area (Å²) < 4.78 is 31.4. The molecule has 4 N–H and O–H groups in total. The number of methoxy groups -OCH3 is 2. The monoisotopic (exact) mass is 876 g/mol. The van der Waals surface area contributed by atoms with E-state index in [4.69, 9.17) is 19.2 Å². The van der Waals surface area contributed by atoms with Gasteiger partial charge in [0.25, 0.3) is 0 Å². The van der Waals surface area contributed by atoms with Crippen molar-refractivity contribution in [3.63, 3.8) is 0 Å². The van der Waals surface area contributed by atoms with Crippen molar-refractivity contribution in [3.8, 4) is 22.4 Å². The van der Waals surface area contributed by atoms with E-state index < -0.39 is 36.1 Å². The molecular weight excluding hydrogens is 820 g/mol. The molecule has 4 amide bonds. The van der Waals surface area contributed by atoms with Crippen molar-refractivity contribution in [2.24, 2.45) is 23.7 Å². The van der Waals surface area contributed by atoms with Crippen molar-refractivity contribution in [3.05, 3.63) is 72.2 Å². The lowest BCUT2D eigenvalue weighted by atomic mass is 9.90. The van der Waals surface area contributed by atoms with Crippen LogP contribution in [-0.2, 0) is 23.8 Å². The molecule has 0 spiro atoms. The number of nitrogens with zero attached hydrogens (tertiary/aromatic N) is 4. The fourth-order valence-electron chi connectivity index (χ4n) is 10.8. The first-order valence-electron chi connectivity index (χ1n) is 22.5. The zero-order chi connectivity index (χ0) is 45.0. The van der Waals surface area contributed by atoms with Crippen LogP contribution in [0, 0.1) is 29.5 Å². The third-order valence-corrected chi connectivity index (χ3v) is 14.4. The first-order chi connectivity index (χ1) is 30.8. The first kappa shape index (κ1) is 43.2. The minimum Gasteiger partial charge on any atom is -0.453 e. The van der Waals surface area contributed by atoms with Crippen molar-refractivity contribution in [1.82, 2.24) is 40.4 Å². The molecule has 1 saturated carbocycles. The second kappa shape index (κ2) is 17.5. The number of likely N-dealkylation sites (tertiary alicyclic amines) is 2. The number of H-pyrrole nitrogens is 2. The van der Waals surface area contributed by atoms with Crippen molar-refractivity contribution in [1.29, 1.82) is 0 Å². The zero-order valence-electron chi connectivity index (χ0n) is 37.2. The van der Waals surface area contributed by atoms with Gasteiger partial charge in [0.2, 0.25) is 11.8 Å². The summed E-state index contributed by atoms with van der Waals surface area (Å²) >= 11 is 0. The second-order valence-electron chi connectivity index (χ2n) is 18.4. The molecule has 3 aliphatic heterocycles. The highest BCUT2D eigenvalue weighted by molar-refractivity contribution is 6.05. The molecule has 1 aliphatic carbocycles. The lowest BCUT2D eigenvalue weighted by Crippen LogP contribution is -2.54. The van der Waals surface area contributed by atoms with Crippen LogP contribution in [0.5, 0.6) is 0 Å². The number of carbonyl (C=O) groups excluding carboxylic acids is 4. The van der Waals surface area contributed by atoms with Gasteiger partial charge in [-0.15, -0.1) is 0 Å². The molecule has 16 heteroatoms. The van der Waals surface area contributed by atoms with E-state index in [1.54, 1.807) is 12.3 Å². The molecule has 5 heterocycles. The Morgan fingerprint density at radius 1 is 0.844 bits per heavy atom. The summed E-state index contributed by atoms with van der Waals surface area (Å²) in [6, 6.07) is 13.0. The van der Waals surface area contributed by atoms with Gasteiger partial charge in [-0.3, -0.25) is 9.59 Å². The van der Waals surface area contributed by atoms with Gasteiger partial charge in [0, 0.05) is 36.2 Å². The zero-order valence-corrected chi connectivity index (χ0v) is 37.2. The van der Waals surface area contributed by atoms with Gasteiger partial charge < -0.3 is 44.6 Å². The van der Waals surface area contributed by atoms with Gasteiger partial charge >= 0.3 is 12.2 Å². The highest BCUT2D eigenvalue weighted by Crippen LogP contribution is 2.50. The first-order valence-corrected chi connectivity index (χ1v) is 22.5. The van der Waals surface area contributed by atoms with Gasteiger partial charge in [-0.1, -0.05) is 45.0 Å². The largest absolute Gasteiger partial charge is 0.453 e. The van der Waals surface area contributed by atoms with Crippen molar-refractivity contribution >= 4 is 45.8 Å². The minimum atomic E-state index is -0.777. The van der Waals surface area contributed by atoms with Crippen LogP contribution < -0.4 is 10.6 Å². The summed E-state index contributed by atoms with van der Waals surface area (Å²) in [6.07, 6.45) is 5.07. The van der Waals surface area contributed by atoms with E-state index in [1.807, 2.05) is 67.0 Å². The van der Waals surface area contributed by atoms with Crippen LogP contribution in [0.25, 0.3) is 44.2 Å². The third-order valence-electron chi connectivity index (χ3n) is 14.4. The van der Waals surface area contributed by atoms with Gasteiger partial charge in [0.1, 0.15) is 29.5 Å². The number of ether oxygens (including phenoxy) is 3. The summed E-state index contributed by atoms with van der Waals surface area (Å²) in [5, 5.41) is 7.44. The quantitative estimate of drug-likeness (QED) is 0.109. The molecule has 64 heavy (non-hydrogen) atoms. The Labute approximate surface area is 371 Å². The number of hydrogen-bond acceptors (Lipinski definition) is 9. The number of hydrogen-bond donors (Lipinski definition) is 4. The van der Waals surface area contributed by atoms with E-state index in [2.05, 4.69) is 32.5 Å². The molecule has 15 nitrogen and oxygen atoms in total. The van der Waals surface area contributed by atoms with Crippen LogP contribution in [-0.4, -0.2) is 105 Å². The van der Waals surface area contributed by atoms with Crippen molar-refractivity contribution < 1.29 is 37.8 Å². The number of aromatic nitrogens is 4. The Bertz CT molecular complexity index is 2590. The van der Waals surface area contributed by atoms with Gasteiger partial charge in [0.05, 0.1) is 49.2 Å². The number of alkyl carbamates (subject to hydrolysis) is 2. The van der Waals surface area contributed by atoms with E-state index in [0.717, 1.165) is 52.5 Å². The van der Waals surface area contributed by atoms with Gasteiger partial charge in [-0.25, -0.2) is 23.9 Å². The Balaban J connectivity index is 0.951. The number of carbonyl (C=O) groups is 4. The Hall–Kier alpha value is -6.03. The summed E-state index contributed by atoms with van der Waals surface area (Å²) in [5.74, 6) is 0.735. The molecule has 9 rings (SSSR count). The summed E-state index contributed by atoms with van der Waals surface area (Å²) in [4.78, 5) is 73.5. The summed E-state index contributed by atoms with van der Waals surface area (Å²) in [6.45, 7) is 8.97. The van der Waals surface area contributed by atoms with E-state index in [1.165, 1.54) is 20.3 Å². The van der Waals surface area contributed by atoms with Crippen LogP contribution in [0.3, 0.4) is 0 Å². The van der Waals surface area contributed by atoms with E-state index in [9.17, 15) is 19.2 Å². The molecule has 0 radical (unpaired) electrons. The molecule has 2 aromatic heterocycles. The van der Waals surface area contributed by atoms with Crippen LogP contribution in [0.4, 0.5) is 14.0 Å². The smallest absolute Gasteiger partial charge is 0.407 e. The Kier molecular flexibility index (Phi) is 11.8. The molecule has 338 valence electrons.